The first-order valence-electron chi connectivity index (χ1n) is 14.4. The number of benzene rings is 5. The minimum Gasteiger partial charge on any atom is -0.343 e. The van der Waals surface area contributed by atoms with E-state index in [4.69, 9.17) is 0 Å². The summed E-state index contributed by atoms with van der Waals surface area (Å²) in [4.78, 5) is 28.2. The number of nitrogens with zero attached hydrogens (tertiary/aromatic N) is 2. The fourth-order valence-corrected chi connectivity index (χ4v) is 8.26. The van der Waals surface area contributed by atoms with Crippen molar-refractivity contribution < 1.29 is 0 Å². The van der Waals surface area contributed by atoms with Gasteiger partial charge in [0.25, 0.3) is 0 Å². The van der Waals surface area contributed by atoms with Crippen molar-refractivity contribution >= 4 is 86.5 Å². The Bertz CT molecular complexity index is 2600. The highest BCUT2D eigenvalue weighted by Crippen LogP contribution is 2.32. The first kappa shape index (κ1) is 25.5. The van der Waals surface area contributed by atoms with Gasteiger partial charge in [-0.2, -0.15) is 0 Å². The second-order valence-corrected chi connectivity index (χ2v) is 13.4. The molecule has 0 aliphatic heterocycles. The molecule has 9 rings (SSSR count). The molecule has 0 atom stereocenters. The third-order valence-corrected chi connectivity index (χ3v) is 10.9. The van der Waals surface area contributed by atoms with Crippen LogP contribution in [0.4, 0.5) is 0 Å². The van der Waals surface area contributed by atoms with Crippen LogP contribution in [0.5, 0.6) is 0 Å². The number of thiophene rings is 2. The van der Waals surface area contributed by atoms with E-state index >= 15 is 0 Å². The van der Waals surface area contributed by atoms with Gasteiger partial charge in [-0.25, -0.2) is 0 Å². The van der Waals surface area contributed by atoms with Gasteiger partial charge in [0.05, 0.1) is 22.1 Å². The van der Waals surface area contributed by atoms with Gasteiger partial charge in [0.15, 0.2) is 10.9 Å². The molecule has 210 valence electrons. The van der Waals surface area contributed by atoms with E-state index in [2.05, 4.69) is 71.4 Å². The SMILES string of the molecule is Cn1c2ccc(-c3ccc4sccc4c3)cc2c(=O)c2cc3c(cc21)c(=O)c1cc(-c2ccc4sccc4c2)ccc1n3C. The molecule has 0 amide bonds. The Hall–Kier alpha value is -5.04. The molecule has 5 aromatic carbocycles. The van der Waals surface area contributed by atoms with Crippen LogP contribution in [0.2, 0.25) is 0 Å². The summed E-state index contributed by atoms with van der Waals surface area (Å²) in [6.07, 6.45) is 0. The van der Waals surface area contributed by atoms with Gasteiger partial charge in [-0.15, -0.1) is 22.7 Å². The normalized spacial score (nSPS) is 12.0. The number of hydrogen-bond acceptors (Lipinski definition) is 4. The van der Waals surface area contributed by atoms with Crippen LogP contribution < -0.4 is 10.9 Å². The molecule has 0 saturated heterocycles. The van der Waals surface area contributed by atoms with Crippen molar-refractivity contribution in [3.8, 4) is 22.3 Å². The summed E-state index contributed by atoms with van der Waals surface area (Å²) < 4.78 is 6.57. The van der Waals surface area contributed by atoms with Gasteiger partial charge in [0.1, 0.15) is 0 Å². The van der Waals surface area contributed by atoms with Crippen LogP contribution in [-0.4, -0.2) is 9.13 Å². The van der Waals surface area contributed by atoms with Crippen molar-refractivity contribution in [3.63, 3.8) is 0 Å². The summed E-state index contributed by atoms with van der Waals surface area (Å²) in [5.74, 6) is 0. The van der Waals surface area contributed by atoms with E-state index in [1.807, 2.05) is 59.6 Å². The molecule has 0 radical (unpaired) electrons. The van der Waals surface area contributed by atoms with E-state index in [0.29, 0.717) is 21.5 Å². The van der Waals surface area contributed by atoms with Crippen molar-refractivity contribution in [2.24, 2.45) is 14.1 Å². The standard InChI is InChI=1S/C38H24N2O2S2/c1-39-31-7-3-23(21-5-9-35-25(15-21)11-13-43-35)17-27(31)37(41)29-20-34-30(19-33(29)39)38(42)28-18-24(4-8-32(28)40(34)2)22-6-10-36-26(16-22)12-14-44-36/h3-20H,1-2H3. The van der Waals surface area contributed by atoms with Gasteiger partial charge < -0.3 is 9.13 Å². The molecule has 4 nitrogen and oxygen atoms in total. The molecular weight excluding hydrogens is 581 g/mol. The number of fused-ring (bicyclic) bond motifs is 6. The summed E-state index contributed by atoms with van der Waals surface area (Å²) >= 11 is 3.45. The monoisotopic (exact) mass is 604 g/mol. The topological polar surface area (TPSA) is 44.0 Å². The van der Waals surface area contributed by atoms with Crippen molar-refractivity contribution in [2.75, 3.05) is 0 Å². The Labute approximate surface area is 259 Å². The Morgan fingerprint density at radius 3 is 1.27 bits per heavy atom. The number of aryl methyl sites for hydroxylation is 2. The molecule has 4 aromatic heterocycles. The van der Waals surface area contributed by atoms with Crippen molar-refractivity contribution in [1.29, 1.82) is 0 Å². The smallest absolute Gasteiger partial charge is 0.197 e. The third kappa shape index (κ3) is 3.62. The van der Waals surface area contributed by atoms with E-state index in [0.717, 1.165) is 44.3 Å². The molecule has 4 heterocycles. The lowest BCUT2D eigenvalue weighted by Gasteiger charge is -2.16. The van der Waals surface area contributed by atoms with Crippen LogP contribution in [0.25, 0.3) is 86.0 Å². The van der Waals surface area contributed by atoms with E-state index < -0.39 is 0 Å². The number of pyridine rings is 2. The second kappa shape index (κ2) is 9.23. The first-order valence-corrected chi connectivity index (χ1v) is 16.2. The van der Waals surface area contributed by atoms with E-state index in [9.17, 15) is 9.59 Å². The Balaban J connectivity index is 1.27. The molecule has 0 unspecified atom stereocenters. The molecule has 0 N–H and O–H groups in total. The zero-order valence-electron chi connectivity index (χ0n) is 23.9. The highest BCUT2D eigenvalue weighted by molar-refractivity contribution is 7.17. The zero-order chi connectivity index (χ0) is 29.7. The summed E-state index contributed by atoms with van der Waals surface area (Å²) in [6, 6.07) is 33.1. The van der Waals surface area contributed by atoms with E-state index in [1.165, 1.54) is 20.2 Å². The maximum Gasteiger partial charge on any atom is 0.197 e. The van der Waals surface area contributed by atoms with Crippen LogP contribution in [0.15, 0.2) is 117 Å². The molecule has 0 fully saturated rings. The van der Waals surface area contributed by atoms with Crippen LogP contribution in [-0.2, 0) is 14.1 Å². The van der Waals surface area contributed by atoms with E-state index in [1.54, 1.807) is 22.7 Å². The van der Waals surface area contributed by atoms with Crippen molar-refractivity contribution in [3.05, 3.63) is 128 Å². The molecule has 6 heteroatoms. The predicted molar refractivity (Wildman–Crippen MR) is 189 cm³/mol. The molecule has 0 spiro atoms. The lowest BCUT2D eigenvalue weighted by Crippen LogP contribution is -2.13. The molecule has 9 aromatic rings. The molecular formula is C38H24N2O2S2. The summed E-state index contributed by atoms with van der Waals surface area (Å²) in [6.45, 7) is 0. The van der Waals surface area contributed by atoms with Gasteiger partial charge in [-0.05, 0) is 117 Å². The summed E-state index contributed by atoms with van der Waals surface area (Å²) in [5, 5.41) is 9.15. The van der Waals surface area contributed by atoms with Gasteiger partial charge in [-0.3, -0.25) is 9.59 Å². The largest absolute Gasteiger partial charge is 0.343 e. The average molecular weight is 605 g/mol. The lowest BCUT2D eigenvalue weighted by molar-refractivity contribution is 0.994. The lowest BCUT2D eigenvalue weighted by atomic mass is 9.99. The van der Waals surface area contributed by atoms with Gasteiger partial charge in [0, 0.05) is 45.0 Å². The number of rotatable bonds is 2. The maximum absolute atomic E-state index is 14.1. The first-order chi connectivity index (χ1) is 21.4. The van der Waals surface area contributed by atoms with Crippen LogP contribution in [0.3, 0.4) is 0 Å². The summed E-state index contributed by atoms with van der Waals surface area (Å²) in [5.41, 5.74) is 7.31. The summed E-state index contributed by atoms with van der Waals surface area (Å²) in [7, 11) is 3.94. The van der Waals surface area contributed by atoms with Crippen LogP contribution in [0, 0.1) is 0 Å². The molecule has 44 heavy (non-hydrogen) atoms. The fraction of sp³-hybridized carbons (Fsp3) is 0.0526. The third-order valence-electron chi connectivity index (χ3n) is 9.10. The molecule has 0 aliphatic carbocycles. The zero-order valence-corrected chi connectivity index (χ0v) is 25.6. The second-order valence-electron chi connectivity index (χ2n) is 11.5. The Morgan fingerprint density at radius 2 is 0.818 bits per heavy atom. The predicted octanol–water partition coefficient (Wildman–Crippen LogP) is 9.46. The van der Waals surface area contributed by atoms with Crippen LogP contribution in [0.1, 0.15) is 0 Å². The number of hydrogen-bond donors (Lipinski definition) is 0. The minimum absolute atomic E-state index is 0.0276. The Kier molecular flexibility index (Phi) is 5.34. The number of aromatic nitrogens is 2. The van der Waals surface area contributed by atoms with Crippen molar-refractivity contribution in [2.45, 2.75) is 0 Å². The van der Waals surface area contributed by atoms with Gasteiger partial charge in [0.2, 0.25) is 0 Å². The maximum atomic E-state index is 14.1. The molecule has 0 aliphatic rings. The van der Waals surface area contributed by atoms with Crippen molar-refractivity contribution in [1.82, 2.24) is 9.13 Å². The molecule has 0 saturated carbocycles. The minimum atomic E-state index is -0.0276. The van der Waals surface area contributed by atoms with Crippen LogP contribution >= 0.6 is 22.7 Å². The highest BCUT2D eigenvalue weighted by Gasteiger charge is 2.16. The van der Waals surface area contributed by atoms with Gasteiger partial charge in [-0.1, -0.05) is 24.3 Å². The van der Waals surface area contributed by atoms with Gasteiger partial charge >= 0.3 is 0 Å². The fourth-order valence-electron chi connectivity index (χ4n) is 6.72. The highest BCUT2D eigenvalue weighted by atomic mass is 32.1. The quantitative estimate of drug-likeness (QED) is 0.185. The Morgan fingerprint density at radius 1 is 0.432 bits per heavy atom. The molecule has 0 bridgehead atoms. The van der Waals surface area contributed by atoms with E-state index in [-0.39, 0.29) is 10.9 Å². The average Bonchev–Trinajstić information content (AvgIpc) is 3.74.